The fourth-order valence-corrected chi connectivity index (χ4v) is 3.54. The van der Waals surface area contributed by atoms with Gasteiger partial charge >= 0.3 is 0 Å². The van der Waals surface area contributed by atoms with Gasteiger partial charge in [0.05, 0.1) is 27.8 Å². The second-order valence-electron chi connectivity index (χ2n) is 5.95. The maximum absolute atomic E-state index is 12.7. The molecule has 0 fully saturated rings. The van der Waals surface area contributed by atoms with Crippen molar-refractivity contribution in [2.45, 2.75) is 46.1 Å². The number of unbranched alkanes of at least 4 members (excludes halogenated alkanes) is 1. The maximum atomic E-state index is 12.7. The monoisotopic (exact) mass is 342 g/mol. The number of carbonyl (C=O) groups is 1. The smallest absolute Gasteiger partial charge is 0.263 e. The Balaban J connectivity index is 1.76. The van der Waals surface area contributed by atoms with Crippen LogP contribution >= 0.6 is 11.3 Å². The quantitative estimate of drug-likeness (QED) is 0.706. The van der Waals surface area contributed by atoms with Gasteiger partial charge in [0.1, 0.15) is 10.7 Å². The normalized spacial score (nSPS) is 12.5. The third kappa shape index (κ3) is 3.48. The Labute approximate surface area is 145 Å². The highest BCUT2D eigenvalue weighted by atomic mass is 32.1. The molecule has 1 aromatic carbocycles. The predicted molar refractivity (Wildman–Crippen MR) is 97.4 cm³/mol. The number of rotatable bonds is 6. The summed E-state index contributed by atoms with van der Waals surface area (Å²) in [6, 6.07) is 7.67. The first kappa shape index (κ1) is 16.6. The number of para-hydroxylation sites is 2. The lowest BCUT2D eigenvalue weighted by Crippen LogP contribution is -2.27. The molecule has 0 saturated carbocycles. The number of H-pyrrole nitrogens is 1. The molecular weight excluding hydrogens is 320 g/mol. The number of carbonyl (C=O) groups excluding carboxylic acids is 1. The molecule has 3 rings (SSSR count). The molecule has 0 spiro atoms. The molecule has 1 atom stereocenters. The van der Waals surface area contributed by atoms with Crippen LogP contribution in [0.15, 0.2) is 24.3 Å². The highest BCUT2D eigenvalue weighted by molar-refractivity contribution is 7.13. The summed E-state index contributed by atoms with van der Waals surface area (Å²) >= 11 is 1.46. The van der Waals surface area contributed by atoms with Gasteiger partial charge in [0.15, 0.2) is 0 Å². The molecule has 0 bridgehead atoms. The van der Waals surface area contributed by atoms with Gasteiger partial charge in [-0.05, 0) is 38.8 Å². The molecule has 2 N–H and O–H groups in total. The minimum absolute atomic E-state index is 0.0698. The molecule has 2 heterocycles. The molecule has 1 amide bonds. The largest absolute Gasteiger partial charge is 0.342 e. The number of hydrogen-bond donors (Lipinski definition) is 2. The molecule has 3 aromatic rings. The van der Waals surface area contributed by atoms with Crippen LogP contribution in [0.2, 0.25) is 0 Å². The van der Waals surface area contributed by atoms with Crippen molar-refractivity contribution < 1.29 is 4.79 Å². The maximum Gasteiger partial charge on any atom is 0.263 e. The van der Waals surface area contributed by atoms with Gasteiger partial charge in [0, 0.05) is 0 Å². The van der Waals surface area contributed by atoms with Gasteiger partial charge in [-0.25, -0.2) is 9.97 Å². The molecular formula is C18H22N4OS. The first-order chi connectivity index (χ1) is 11.6. The zero-order valence-corrected chi connectivity index (χ0v) is 15.0. The molecule has 0 aliphatic heterocycles. The van der Waals surface area contributed by atoms with Crippen LogP contribution in [0.4, 0.5) is 0 Å². The number of aromatic nitrogens is 3. The molecule has 5 nitrogen and oxygen atoms in total. The predicted octanol–water partition coefficient (Wildman–Crippen LogP) is 4.16. The molecule has 2 aromatic heterocycles. The minimum atomic E-state index is -0.189. The van der Waals surface area contributed by atoms with Crippen molar-refractivity contribution in [1.82, 2.24) is 20.3 Å². The Morgan fingerprint density at radius 2 is 2.12 bits per heavy atom. The van der Waals surface area contributed by atoms with Gasteiger partial charge in [-0.15, -0.1) is 11.3 Å². The summed E-state index contributed by atoms with van der Waals surface area (Å²) in [5, 5.41) is 3.97. The van der Waals surface area contributed by atoms with Gasteiger partial charge in [0.2, 0.25) is 0 Å². The molecule has 0 saturated heterocycles. The number of amides is 1. The second-order valence-corrected chi connectivity index (χ2v) is 7.15. The van der Waals surface area contributed by atoms with E-state index in [1.807, 2.05) is 38.1 Å². The van der Waals surface area contributed by atoms with E-state index in [9.17, 15) is 4.79 Å². The third-order valence-corrected chi connectivity index (χ3v) is 4.95. The van der Waals surface area contributed by atoms with Gasteiger partial charge < -0.3 is 10.3 Å². The molecule has 6 heteroatoms. The topological polar surface area (TPSA) is 70.7 Å². The fourth-order valence-electron chi connectivity index (χ4n) is 2.67. The molecule has 126 valence electrons. The Hall–Kier alpha value is -2.21. The third-order valence-electron chi connectivity index (χ3n) is 3.94. The fraction of sp³-hybridized carbons (Fsp3) is 0.389. The van der Waals surface area contributed by atoms with Gasteiger partial charge in [0.25, 0.3) is 5.91 Å². The van der Waals surface area contributed by atoms with E-state index in [1.165, 1.54) is 11.3 Å². The van der Waals surface area contributed by atoms with Gasteiger partial charge in [-0.3, -0.25) is 4.79 Å². The van der Waals surface area contributed by atoms with E-state index in [-0.39, 0.29) is 11.9 Å². The zero-order chi connectivity index (χ0) is 17.1. The Kier molecular flexibility index (Phi) is 4.94. The number of fused-ring (bicyclic) bond motifs is 1. The van der Waals surface area contributed by atoms with Crippen LogP contribution in [0.25, 0.3) is 11.0 Å². The summed E-state index contributed by atoms with van der Waals surface area (Å²) in [5.41, 5.74) is 2.80. The standard InChI is InChI=1S/C18H22N4OS/c1-4-5-8-15-16(24-12(3)20-15)18(23)19-11(2)17-21-13-9-6-7-10-14(13)22-17/h6-7,9-11H,4-5,8H2,1-3H3,(H,19,23)(H,21,22)/t11-/m1/s1. The lowest BCUT2D eigenvalue weighted by Gasteiger charge is -2.11. The Morgan fingerprint density at radius 1 is 1.33 bits per heavy atom. The van der Waals surface area contributed by atoms with Crippen molar-refractivity contribution in [2.24, 2.45) is 0 Å². The van der Waals surface area contributed by atoms with Crippen LogP contribution in [0.1, 0.15) is 58.9 Å². The lowest BCUT2D eigenvalue weighted by atomic mass is 10.2. The number of nitrogens with one attached hydrogen (secondary N) is 2. The molecule has 0 aliphatic carbocycles. The van der Waals surface area contributed by atoms with Crippen molar-refractivity contribution in [3.63, 3.8) is 0 Å². The number of imidazole rings is 1. The van der Waals surface area contributed by atoms with Crippen LogP contribution in [0.3, 0.4) is 0 Å². The average molecular weight is 342 g/mol. The number of hydrogen-bond acceptors (Lipinski definition) is 4. The van der Waals surface area contributed by atoms with Gasteiger partial charge in [-0.2, -0.15) is 0 Å². The summed E-state index contributed by atoms with van der Waals surface area (Å²) in [5.74, 6) is 0.695. The molecule has 0 unspecified atom stereocenters. The number of aromatic amines is 1. The SMILES string of the molecule is CCCCc1nc(C)sc1C(=O)N[C@H](C)c1nc2ccccc2[nH]1. The highest BCUT2D eigenvalue weighted by Crippen LogP contribution is 2.22. The van der Waals surface area contributed by atoms with E-state index in [4.69, 9.17) is 0 Å². The van der Waals surface area contributed by atoms with Crippen molar-refractivity contribution in [2.75, 3.05) is 0 Å². The average Bonchev–Trinajstić information content (AvgIpc) is 3.16. The molecule has 24 heavy (non-hydrogen) atoms. The van der Waals surface area contributed by atoms with Crippen LogP contribution in [0.5, 0.6) is 0 Å². The minimum Gasteiger partial charge on any atom is -0.342 e. The Morgan fingerprint density at radius 3 is 2.88 bits per heavy atom. The Bertz CT molecular complexity index is 819. The molecule has 0 aliphatic rings. The number of nitrogens with zero attached hydrogens (tertiary/aromatic N) is 2. The van der Waals surface area contributed by atoms with Crippen LogP contribution < -0.4 is 5.32 Å². The first-order valence-electron chi connectivity index (χ1n) is 8.30. The summed E-state index contributed by atoms with van der Waals surface area (Å²) < 4.78 is 0. The lowest BCUT2D eigenvalue weighted by molar-refractivity contribution is 0.0941. The number of thiazole rings is 1. The van der Waals surface area contributed by atoms with Crippen molar-refractivity contribution in [1.29, 1.82) is 0 Å². The number of aryl methyl sites for hydroxylation is 2. The van der Waals surface area contributed by atoms with E-state index in [2.05, 4.69) is 27.2 Å². The van der Waals surface area contributed by atoms with E-state index >= 15 is 0 Å². The van der Waals surface area contributed by atoms with E-state index in [1.54, 1.807) is 0 Å². The zero-order valence-electron chi connectivity index (χ0n) is 14.2. The number of benzene rings is 1. The summed E-state index contributed by atoms with van der Waals surface area (Å²) in [4.78, 5) is 25.7. The highest BCUT2D eigenvalue weighted by Gasteiger charge is 2.20. The van der Waals surface area contributed by atoms with E-state index in [0.29, 0.717) is 0 Å². The second kappa shape index (κ2) is 7.13. The molecule has 0 radical (unpaired) electrons. The van der Waals surface area contributed by atoms with E-state index < -0.39 is 0 Å². The summed E-state index contributed by atoms with van der Waals surface area (Å²) in [6.07, 6.45) is 2.98. The first-order valence-corrected chi connectivity index (χ1v) is 9.12. The van der Waals surface area contributed by atoms with Crippen molar-refractivity contribution in [3.05, 3.63) is 45.7 Å². The van der Waals surface area contributed by atoms with Crippen LogP contribution in [0, 0.1) is 6.92 Å². The summed E-state index contributed by atoms with van der Waals surface area (Å²) in [6.45, 7) is 6.03. The van der Waals surface area contributed by atoms with Crippen LogP contribution in [-0.2, 0) is 6.42 Å². The van der Waals surface area contributed by atoms with Crippen LogP contribution in [-0.4, -0.2) is 20.9 Å². The van der Waals surface area contributed by atoms with E-state index in [0.717, 1.165) is 51.7 Å². The van der Waals surface area contributed by atoms with Crippen molar-refractivity contribution >= 4 is 28.3 Å². The van der Waals surface area contributed by atoms with Gasteiger partial charge in [-0.1, -0.05) is 25.5 Å². The summed E-state index contributed by atoms with van der Waals surface area (Å²) in [7, 11) is 0. The van der Waals surface area contributed by atoms with Crippen molar-refractivity contribution in [3.8, 4) is 0 Å².